The summed E-state index contributed by atoms with van der Waals surface area (Å²) in [5.74, 6) is 1.13. The molecule has 0 saturated heterocycles. The van der Waals surface area contributed by atoms with E-state index in [1.165, 1.54) is 23.0 Å². The molecule has 1 aromatic heterocycles. The van der Waals surface area contributed by atoms with E-state index >= 15 is 0 Å². The fraction of sp³-hybridized carbons (Fsp3) is 0.250. The molecule has 0 aliphatic heterocycles. The smallest absolute Gasteiger partial charge is 0.250 e. The quantitative estimate of drug-likeness (QED) is 0.441. The Kier molecular flexibility index (Phi) is 7.63. The molecule has 156 valence electrons. The molecule has 30 heavy (non-hydrogen) atoms. The van der Waals surface area contributed by atoms with Crippen molar-refractivity contribution in [1.82, 2.24) is 4.98 Å². The van der Waals surface area contributed by atoms with Gasteiger partial charge in [-0.25, -0.2) is 4.98 Å². The number of benzene rings is 2. The molecule has 1 amide bonds. The van der Waals surface area contributed by atoms with Crippen LogP contribution in [0.3, 0.4) is 0 Å². The minimum atomic E-state index is -0.232. The summed E-state index contributed by atoms with van der Waals surface area (Å²) in [5, 5.41) is 5.34. The molecular weight excluding hydrogens is 396 g/mol. The second kappa shape index (κ2) is 10.6. The van der Waals surface area contributed by atoms with Gasteiger partial charge in [0.2, 0.25) is 5.91 Å². The van der Waals surface area contributed by atoms with Gasteiger partial charge in [-0.15, -0.1) is 11.3 Å². The van der Waals surface area contributed by atoms with Crippen molar-refractivity contribution in [2.75, 3.05) is 18.5 Å². The Morgan fingerprint density at radius 1 is 1.03 bits per heavy atom. The molecule has 0 spiro atoms. The van der Waals surface area contributed by atoms with Crippen LogP contribution in [0.4, 0.5) is 5.13 Å². The van der Waals surface area contributed by atoms with Gasteiger partial charge >= 0.3 is 0 Å². The summed E-state index contributed by atoms with van der Waals surface area (Å²) in [7, 11) is 0. The summed E-state index contributed by atoms with van der Waals surface area (Å²) in [6, 6.07) is 13.9. The zero-order valence-electron chi connectivity index (χ0n) is 17.5. The lowest BCUT2D eigenvalue weighted by atomic mass is 10.1. The zero-order chi connectivity index (χ0) is 21.3. The minimum Gasteiger partial charge on any atom is -0.490 e. The van der Waals surface area contributed by atoms with Crippen LogP contribution >= 0.6 is 11.3 Å². The number of rotatable bonds is 9. The molecule has 0 saturated carbocycles. The second-order valence-corrected chi connectivity index (χ2v) is 7.34. The van der Waals surface area contributed by atoms with E-state index in [0.717, 1.165) is 23.2 Å². The van der Waals surface area contributed by atoms with Crippen molar-refractivity contribution in [2.24, 2.45) is 0 Å². The van der Waals surface area contributed by atoms with Crippen molar-refractivity contribution >= 4 is 28.5 Å². The highest BCUT2D eigenvalue weighted by molar-refractivity contribution is 7.14. The topological polar surface area (TPSA) is 60.5 Å². The summed E-state index contributed by atoms with van der Waals surface area (Å²) >= 11 is 1.41. The molecule has 2 aromatic carbocycles. The first kappa shape index (κ1) is 21.6. The van der Waals surface area contributed by atoms with Crippen molar-refractivity contribution in [1.29, 1.82) is 0 Å². The average Bonchev–Trinajstić information content (AvgIpc) is 3.22. The fourth-order valence-corrected chi connectivity index (χ4v) is 3.59. The number of aryl methyl sites for hydroxylation is 1. The Balaban J connectivity index is 1.64. The number of thiazole rings is 1. The monoisotopic (exact) mass is 422 g/mol. The van der Waals surface area contributed by atoms with Crippen LogP contribution in [0.15, 0.2) is 53.9 Å². The van der Waals surface area contributed by atoms with Crippen LogP contribution in [-0.4, -0.2) is 24.1 Å². The highest BCUT2D eigenvalue weighted by atomic mass is 32.1. The summed E-state index contributed by atoms with van der Waals surface area (Å²) in [6.45, 7) is 7.09. The molecule has 5 nitrogen and oxygen atoms in total. The number of carbonyl (C=O) groups excluding carboxylic acids is 1. The molecule has 0 unspecified atom stereocenters. The Hall–Kier alpha value is -3.12. The highest BCUT2D eigenvalue weighted by Crippen LogP contribution is 2.29. The van der Waals surface area contributed by atoms with Gasteiger partial charge < -0.3 is 9.47 Å². The summed E-state index contributed by atoms with van der Waals surface area (Å²) in [4.78, 5) is 16.8. The number of nitrogens with one attached hydrogen (secondary N) is 1. The van der Waals surface area contributed by atoms with E-state index in [9.17, 15) is 4.79 Å². The molecule has 0 atom stereocenters. The second-order valence-electron chi connectivity index (χ2n) is 6.48. The SMILES string of the molecule is CCOc1ccc(/C=C/C(=O)Nc2nc(-c3ccc(CC)cc3)cs2)cc1OCC. The molecule has 0 aliphatic carbocycles. The van der Waals surface area contributed by atoms with E-state index in [0.29, 0.717) is 29.8 Å². The molecule has 6 heteroatoms. The van der Waals surface area contributed by atoms with Crippen LogP contribution in [-0.2, 0) is 11.2 Å². The van der Waals surface area contributed by atoms with Crippen molar-refractivity contribution in [3.63, 3.8) is 0 Å². The summed E-state index contributed by atoms with van der Waals surface area (Å²) in [5.41, 5.74) is 4.04. The highest BCUT2D eigenvalue weighted by Gasteiger charge is 2.08. The molecule has 0 aliphatic rings. The third kappa shape index (κ3) is 5.70. The third-order valence-corrected chi connectivity index (χ3v) is 5.14. The number of nitrogens with zero attached hydrogens (tertiary/aromatic N) is 1. The maximum atomic E-state index is 12.3. The molecule has 3 rings (SSSR count). The first-order valence-electron chi connectivity index (χ1n) is 10.1. The molecule has 3 aromatic rings. The summed E-state index contributed by atoms with van der Waals surface area (Å²) < 4.78 is 11.2. The molecule has 1 heterocycles. The normalized spacial score (nSPS) is 10.9. The van der Waals surface area contributed by atoms with Crippen LogP contribution in [0.1, 0.15) is 31.9 Å². The number of ether oxygens (including phenoxy) is 2. The standard InChI is InChI=1S/C24H26N2O3S/c1-4-17-7-11-19(12-8-17)20-16-30-24(25-20)26-23(27)14-10-18-9-13-21(28-5-2)22(15-18)29-6-3/h7-16H,4-6H2,1-3H3,(H,25,26,27)/b14-10+. The van der Waals surface area contributed by atoms with E-state index in [4.69, 9.17) is 9.47 Å². The number of amides is 1. The van der Waals surface area contributed by atoms with Crippen LogP contribution < -0.4 is 14.8 Å². The van der Waals surface area contributed by atoms with Gasteiger partial charge in [-0.1, -0.05) is 37.3 Å². The van der Waals surface area contributed by atoms with E-state index in [1.807, 2.05) is 37.4 Å². The van der Waals surface area contributed by atoms with Crippen molar-refractivity contribution in [3.8, 4) is 22.8 Å². The maximum absolute atomic E-state index is 12.3. The van der Waals surface area contributed by atoms with Crippen molar-refractivity contribution in [3.05, 3.63) is 65.0 Å². The van der Waals surface area contributed by atoms with Gasteiger partial charge in [-0.05, 0) is 49.6 Å². The molecule has 0 bridgehead atoms. The van der Waals surface area contributed by atoms with Crippen LogP contribution in [0.5, 0.6) is 11.5 Å². The lowest BCUT2D eigenvalue weighted by Crippen LogP contribution is -2.07. The van der Waals surface area contributed by atoms with Gasteiger partial charge in [-0.3, -0.25) is 10.1 Å². The Morgan fingerprint density at radius 2 is 1.77 bits per heavy atom. The van der Waals surface area contributed by atoms with E-state index < -0.39 is 0 Å². The zero-order valence-corrected chi connectivity index (χ0v) is 18.3. The van der Waals surface area contributed by atoms with Gasteiger partial charge in [0.15, 0.2) is 16.6 Å². The third-order valence-electron chi connectivity index (χ3n) is 4.39. The molecule has 0 fully saturated rings. The van der Waals surface area contributed by atoms with E-state index in [-0.39, 0.29) is 5.91 Å². The van der Waals surface area contributed by atoms with Gasteiger partial charge in [0, 0.05) is 17.0 Å². The number of hydrogen-bond donors (Lipinski definition) is 1. The average molecular weight is 423 g/mol. The van der Waals surface area contributed by atoms with Gasteiger partial charge in [0.05, 0.1) is 18.9 Å². The number of carbonyl (C=O) groups is 1. The summed E-state index contributed by atoms with van der Waals surface area (Å²) in [6.07, 6.45) is 4.24. The van der Waals surface area contributed by atoms with E-state index in [1.54, 1.807) is 6.08 Å². The number of aromatic nitrogens is 1. The van der Waals surface area contributed by atoms with Crippen LogP contribution in [0, 0.1) is 0 Å². The van der Waals surface area contributed by atoms with Crippen LogP contribution in [0.2, 0.25) is 0 Å². The van der Waals surface area contributed by atoms with Crippen molar-refractivity contribution in [2.45, 2.75) is 27.2 Å². The first-order valence-corrected chi connectivity index (χ1v) is 10.9. The Labute approximate surface area is 181 Å². The number of anilines is 1. The Bertz CT molecular complexity index is 1010. The fourth-order valence-electron chi connectivity index (χ4n) is 2.87. The lowest BCUT2D eigenvalue weighted by Gasteiger charge is -2.11. The van der Waals surface area contributed by atoms with E-state index in [2.05, 4.69) is 41.5 Å². The predicted octanol–water partition coefficient (Wildman–Crippen LogP) is 5.82. The predicted molar refractivity (Wildman–Crippen MR) is 123 cm³/mol. The molecule has 0 radical (unpaired) electrons. The van der Waals surface area contributed by atoms with Gasteiger partial charge in [0.25, 0.3) is 0 Å². The minimum absolute atomic E-state index is 0.232. The lowest BCUT2D eigenvalue weighted by molar-refractivity contribution is -0.111. The Morgan fingerprint density at radius 3 is 2.47 bits per heavy atom. The van der Waals surface area contributed by atoms with Crippen molar-refractivity contribution < 1.29 is 14.3 Å². The van der Waals surface area contributed by atoms with Gasteiger partial charge in [-0.2, -0.15) is 0 Å². The molecular formula is C24H26N2O3S. The maximum Gasteiger partial charge on any atom is 0.250 e. The van der Waals surface area contributed by atoms with Gasteiger partial charge in [0.1, 0.15) is 0 Å². The van der Waals surface area contributed by atoms with Crippen LogP contribution in [0.25, 0.3) is 17.3 Å². The largest absolute Gasteiger partial charge is 0.490 e. The molecule has 1 N–H and O–H groups in total. The first-order chi connectivity index (χ1) is 14.6. The number of hydrogen-bond acceptors (Lipinski definition) is 5.